The molecule has 1 atom stereocenters. The fourth-order valence-corrected chi connectivity index (χ4v) is 1.17. The topological polar surface area (TPSA) is 12.4 Å². The molecule has 0 saturated heterocycles. The van der Waals surface area contributed by atoms with Crippen LogP contribution >= 0.6 is 0 Å². The zero-order valence-electron chi connectivity index (χ0n) is 8.66. The van der Waals surface area contributed by atoms with Crippen molar-refractivity contribution in [3.05, 3.63) is 37.1 Å². The molecule has 0 aromatic rings. The van der Waals surface area contributed by atoms with Crippen molar-refractivity contribution in [1.29, 1.82) is 0 Å². The maximum atomic E-state index is 4.30. The minimum Gasteiger partial charge on any atom is -0.261 e. The molecular formula is C12H19N. The molecule has 0 saturated carbocycles. The highest BCUT2D eigenvalue weighted by atomic mass is 14.7. The molecule has 0 fully saturated rings. The van der Waals surface area contributed by atoms with Crippen LogP contribution in [-0.2, 0) is 0 Å². The van der Waals surface area contributed by atoms with E-state index in [1.54, 1.807) is 18.4 Å². The van der Waals surface area contributed by atoms with E-state index in [2.05, 4.69) is 32.0 Å². The number of aliphatic imine (C=N–C) groups is 1. The van der Waals surface area contributed by atoms with E-state index in [1.807, 2.05) is 6.08 Å². The Balaban J connectivity index is 4.40. The first kappa shape index (κ1) is 11.9. The van der Waals surface area contributed by atoms with Crippen molar-refractivity contribution in [2.75, 3.05) is 0 Å². The molecule has 0 rings (SSSR count). The number of hydrogen-bond donors (Lipinski definition) is 0. The molecule has 0 bridgehead atoms. The summed E-state index contributed by atoms with van der Waals surface area (Å²) >= 11 is 0. The lowest BCUT2D eigenvalue weighted by molar-refractivity contribution is 0.597. The Hall–Kier alpha value is -1.11. The maximum absolute atomic E-state index is 4.30. The van der Waals surface area contributed by atoms with Crippen LogP contribution in [0.5, 0.6) is 0 Å². The first-order valence-corrected chi connectivity index (χ1v) is 4.74. The number of allylic oxidation sites excluding steroid dienone is 4. The van der Waals surface area contributed by atoms with Gasteiger partial charge in [0.2, 0.25) is 0 Å². The molecule has 0 aliphatic carbocycles. The van der Waals surface area contributed by atoms with E-state index in [9.17, 15) is 0 Å². The highest BCUT2D eigenvalue weighted by molar-refractivity contribution is 5.71. The van der Waals surface area contributed by atoms with Gasteiger partial charge in [0, 0.05) is 11.9 Å². The van der Waals surface area contributed by atoms with Gasteiger partial charge >= 0.3 is 0 Å². The number of nitrogens with zero attached hydrogens (tertiary/aromatic N) is 1. The zero-order chi connectivity index (χ0) is 10.1. The van der Waals surface area contributed by atoms with Crippen LogP contribution in [0.3, 0.4) is 0 Å². The highest BCUT2D eigenvalue weighted by Crippen LogP contribution is 2.17. The van der Waals surface area contributed by atoms with Crippen LogP contribution in [0, 0.1) is 5.92 Å². The van der Waals surface area contributed by atoms with Crippen molar-refractivity contribution in [3.8, 4) is 0 Å². The fourth-order valence-electron chi connectivity index (χ4n) is 1.17. The second-order valence-electron chi connectivity index (χ2n) is 3.03. The van der Waals surface area contributed by atoms with Gasteiger partial charge in [-0.3, -0.25) is 4.99 Å². The molecule has 0 heterocycles. The average Bonchev–Trinajstić information content (AvgIpc) is 2.12. The molecule has 0 N–H and O–H groups in total. The van der Waals surface area contributed by atoms with Gasteiger partial charge in [-0.05, 0) is 18.4 Å². The highest BCUT2D eigenvalue weighted by Gasteiger charge is 2.04. The quantitative estimate of drug-likeness (QED) is 0.433. The predicted molar refractivity (Wildman–Crippen MR) is 61.0 cm³/mol. The van der Waals surface area contributed by atoms with Crippen molar-refractivity contribution < 1.29 is 0 Å². The third-order valence-electron chi connectivity index (χ3n) is 1.84. The molecule has 13 heavy (non-hydrogen) atoms. The average molecular weight is 177 g/mol. The van der Waals surface area contributed by atoms with Crippen molar-refractivity contribution in [2.24, 2.45) is 10.9 Å². The Labute approximate surface area is 81.6 Å². The lowest BCUT2D eigenvalue weighted by Gasteiger charge is -2.09. The first-order valence-electron chi connectivity index (χ1n) is 4.74. The zero-order valence-corrected chi connectivity index (χ0v) is 8.66. The van der Waals surface area contributed by atoms with Crippen LogP contribution in [0.2, 0.25) is 0 Å². The van der Waals surface area contributed by atoms with E-state index >= 15 is 0 Å². The second-order valence-corrected chi connectivity index (χ2v) is 3.03. The van der Waals surface area contributed by atoms with E-state index in [4.69, 9.17) is 0 Å². The van der Waals surface area contributed by atoms with Crippen LogP contribution in [0.25, 0.3) is 0 Å². The predicted octanol–water partition coefficient (Wildman–Crippen LogP) is 3.75. The van der Waals surface area contributed by atoms with Gasteiger partial charge in [-0.25, -0.2) is 0 Å². The Bertz CT molecular complexity index is 211. The number of hydrogen-bond acceptors (Lipinski definition) is 1. The summed E-state index contributed by atoms with van der Waals surface area (Å²) in [6.07, 6.45) is 9.49. The molecule has 1 unspecified atom stereocenters. The van der Waals surface area contributed by atoms with Gasteiger partial charge in [0.25, 0.3) is 0 Å². The minimum absolute atomic E-state index is 0.499. The minimum atomic E-state index is 0.499. The van der Waals surface area contributed by atoms with Crippen LogP contribution in [-0.4, -0.2) is 6.21 Å². The molecule has 0 aromatic heterocycles. The Kier molecular flexibility index (Phi) is 6.89. The van der Waals surface area contributed by atoms with Gasteiger partial charge in [-0.1, -0.05) is 45.6 Å². The van der Waals surface area contributed by atoms with Crippen LogP contribution in [0.1, 0.15) is 26.7 Å². The van der Waals surface area contributed by atoms with Crippen molar-refractivity contribution in [2.45, 2.75) is 26.7 Å². The molecule has 1 nitrogen and oxygen atoms in total. The Morgan fingerprint density at radius 2 is 2.08 bits per heavy atom. The fraction of sp³-hybridized carbons (Fsp3) is 0.417. The molecule has 0 spiro atoms. The summed E-state index contributed by atoms with van der Waals surface area (Å²) in [7, 11) is 0. The molecule has 0 aromatic carbocycles. The molecule has 0 amide bonds. The van der Waals surface area contributed by atoms with E-state index in [0.717, 1.165) is 12.1 Å². The third-order valence-corrected chi connectivity index (χ3v) is 1.84. The molecule has 0 aliphatic heterocycles. The molecule has 72 valence electrons. The summed E-state index contributed by atoms with van der Waals surface area (Å²) in [5, 5.41) is 0. The van der Waals surface area contributed by atoms with Gasteiger partial charge < -0.3 is 0 Å². The lowest BCUT2D eigenvalue weighted by atomic mass is 10.0. The van der Waals surface area contributed by atoms with Crippen LogP contribution in [0.4, 0.5) is 0 Å². The summed E-state index contributed by atoms with van der Waals surface area (Å²) in [6, 6.07) is 0. The molecule has 0 aliphatic rings. The van der Waals surface area contributed by atoms with E-state index < -0.39 is 0 Å². The summed E-state index contributed by atoms with van der Waals surface area (Å²) < 4.78 is 0. The molecular weight excluding hydrogens is 158 g/mol. The van der Waals surface area contributed by atoms with Gasteiger partial charge in [-0.15, -0.1) is 0 Å². The summed E-state index contributed by atoms with van der Waals surface area (Å²) in [4.78, 5) is 4.30. The van der Waals surface area contributed by atoms with E-state index in [0.29, 0.717) is 5.92 Å². The van der Waals surface area contributed by atoms with E-state index in [1.165, 1.54) is 6.42 Å². The molecule has 1 heteroatoms. The molecule has 0 radical (unpaired) electrons. The first-order chi connectivity index (χ1) is 6.26. The van der Waals surface area contributed by atoms with Crippen LogP contribution < -0.4 is 0 Å². The Morgan fingerprint density at radius 3 is 2.54 bits per heavy atom. The van der Waals surface area contributed by atoms with Crippen molar-refractivity contribution >= 4 is 6.21 Å². The summed E-state index contributed by atoms with van der Waals surface area (Å²) in [6.45, 7) is 11.6. The normalized spacial score (nSPS) is 14.5. The smallest absolute Gasteiger partial charge is 0.0431 e. The monoisotopic (exact) mass is 177 g/mol. The van der Waals surface area contributed by atoms with Crippen molar-refractivity contribution in [3.63, 3.8) is 0 Å². The number of rotatable bonds is 6. The standard InChI is InChI=1S/C12H19N/c1-5-8-11(4)12(9-6-2)13-10-7-3/h6-7,9-11H,2-3,5,8H2,1,4H3/b12-9-,13-10?. The lowest BCUT2D eigenvalue weighted by Crippen LogP contribution is -1.96. The summed E-state index contributed by atoms with van der Waals surface area (Å²) in [5.41, 5.74) is 1.08. The van der Waals surface area contributed by atoms with Gasteiger partial charge in [0.05, 0.1) is 0 Å². The van der Waals surface area contributed by atoms with Crippen LogP contribution in [0.15, 0.2) is 42.1 Å². The summed E-state index contributed by atoms with van der Waals surface area (Å²) in [5.74, 6) is 0.499. The van der Waals surface area contributed by atoms with Gasteiger partial charge in [0.15, 0.2) is 0 Å². The Morgan fingerprint density at radius 1 is 1.38 bits per heavy atom. The largest absolute Gasteiger partial charge is 0.261 e. The third kappa shape index (κ3) is 5.18. The van der Waals surface area contributed by atoms with Crippen molar-refractivity contribution in [1.82, 2.24) is 0 Å². The van der Waals surface area contributed by atoms with Gasteiger partial charge in [-0.2, -0.15) is 0 Å². The SMILES string of the molecule is C=CC=N/C(=C\C=C)C(C)CCC. The van der Waals surface area contributed by atoms with E-state index in [-0.39, 0.29) is 0 Å². The maximum Gasteiger partial charge on any atom is 0.0431 e. The second kappa shape index (κ2) is 7.53. The van der Waals surface area contributed by atoms with Gasteiger partial charge in [0.1, 0.15) is 0 Å².